The molecular formula is C18H19N3O3S. The van der Waals surface area contributed by atoms with Gasteiger partial charge in [-0.3, -0.25) is 4.79 Å². The third kappa shape index (κ3) is 3.28. The standard InChI is InChI=1S/C18H19N3O3S/c1-10(2)15(18(23)24)19-16(22)14-9-13-11(3)20-21(17(13)25-14)12-7-5-4-6-8-12/h4-10,15H,1-3H3,(H,19,22)(H,23,24)/t15-/m1/s1. The van der Waals surface area contributed by atoms with Crippen LogP contribution in [0.25, 0.3) is 15.9 Å². The maximum absolute atomic E-state index is 12.5. The van der Waals surface area contributed by atoms with Gasteiger partial charge in [0.2, 0.25) is 0 Å². The summed E-state index contributed by atoms with van der Waals surface area (Å²) < 4.78 is 1.81. The van der Waals surface area contributed by atoms with Crippen LogP contribution in [0.15, 0.2) is 36.4 Å². The summed E-state index contributed by atoms with van der Waals surface area (Å²) in [6.07, 6.45) is 0. The van der Waals surface area contributed by atoms with Crippen molar-refractivity contribution in [3.05, 3.63) is 47.0 Å². The molecule has 3 aromatic rings. The number of nitrogens with zero attached hydrogens (tertiary/aromatic N) is 2. The van der Waals surface area contributed by atoms with Gasteiger partial charge in [-0.25, -0.2) is 9.48 Å². The molecule has 7 heteroatoms. The number of fused-ring (bicyclic) bond motifs is 1. The molecule has 1 atom stereocenters. The number of hydrogen-bond donors (Lipinski definition) is 2. The summed E-state index contributed by atoms with van der Waals surface area (Å²) in [5, 5.41) is 17.3. The van der Waals surface area contributed by atoms with Crippen LogP contribution in [0, 0.1) is 12.8 Å². The van der Waals surface area contributed by atoms with Crippen LogP contribution < -0.4 is 5.32 Å². The molecule has 3 rings (SSSR count). The molecule has 2 aromatic heterocycles. The molecule has 6 nitrogen and oxygen atoms in total. The maximum Gasteiger partial charge on any atom is 0.326 e. The van der Waals surface area contributed by atoms with E-state index in [9.17, 15) is 14.7 Å². The number of carboxylic acid groups (broad SMARTS) is 1. The Morgan fingerprint density at radius 2 is 1.92 bits per heavy atom. The van der Waals surface area contributed by atoms with Crippen LogP contribution in [0.2, 0.25) is 0 Å². The van der Waals surface area contributed by atoms with Gasteiger partial charge in [0.25, 0.3) is 5.91 Å². The molecule has 25 heavy (non-hydrogen) atoms. The maximum atomic E-state index is 12.5. The lowest BCUT2D eigenvalue weighted by Crippen LogP contribution is -2.44. The molecule has 0 radical (unpaired) electrons. The number of para-hydroxylation sites is 1. The van der Waals surface area contributed by atoms with Crippen molar-refractivity contribution in [2.45, 2.75) is 26.8 Å². The van der Waals surface area contributed by atoms with Gasteiger partial charge < -0.3 is 10.4 Å². The van der Waals surface area contributed by atoms with Crippen molar-refractivity contribution in [3.63, 3.8) is 0 Å². The minimum Gasteiger partial charge on any atom is -0.480 e. The highest BCUT2D eigenvalue weighted by Crippen LogP contribution is 2.30. The van der Waals surface area contributed by atoms with E-state index < -0.39 is 12.0 Å². The first-order valence-electron chi connectivity index (χ1n) is 7.96. The molecule has 0 aliphatic carbocycles. The molecule has 2 heterocycles. The highest BCUT2D eigenvalue weighted by atomic mass is 32.1. The first-order valence-corrected chi connectivity index (χ1v) is 8.78. The van der Waals surface area contributed by atoms with E-state index in [-0.39, 0.29) is 11.8 Å². The molecule has 0 fully saturated rings. The van der Waals surface area contributed by atoms with Gasteiger partial charge in [0.15, 0.2) is 0 Å². The molecular weight excluding hydrogens is 338 g/mol. The number of thiophene rings is 1. The van der Waals surface area contributed by atoms with Crippen molar-refractivity contribution >= 4 is 33.4 Å². The summed E-state index contributed by atoms with van der Waals surface area (Å²) in [7, 11) is 0. The minimum absolute atomic E-state index is 0.197. The molecule has 0 saturated heterocycles. The average Bonchev–Trinajstić information content (AvgIpc) is 3.13. The lowest BCUT2D eigenvalue weighted by Gasteiger charge is -2.17. The van der Waals surface area contributed by atoms with E-state index >= 15 is 0 Å². The number of aliphatic carboxylic acids is 1. The third-order valence-corrected chi connectivity index (χ3v) is 5.10. The van der Waals surface area contributed by atoms with E-state index in [1.807, 2.05) is 41.9 Å². The van der Waals surface area contributed by atoms with Crippen molar-refractivity contribution < 1.29 is 14.7 Å². The van der Waals surface area contributed by atoms with Crippen LogP contribution in [0.4, 0.5) is 0 Å². The molecule has 0 spiro atoms. The monoisotopic (exact) mass is 357 g/mol. The van der Waals surface area contributed by atoms with Crippen molar-refractivity contribution in [3.8, 4) is 5.69 Å². The van der Waals surface area contributed by atoms with E-state index in [0.29, 0.717) is 4.88 Å². The number of hydrogen-bond acceptors (Lipinski definition) is 4. The molecule has 0 bridgehead atoms. The molecule has 130 valence electrons. The molecule has 0 aliphatic heterocycles. The zero-order valence-corrected chi connectivity index (χ0v) is 15.0. The highest BCUT2D eigenvalue weighted by molar-refractivity contribution is 7.20. The fraction of sp³-hybridized carbons (Fsp3) is 0.278. The number of carbonyl (C=O) groups excluding carboxylic acids is 1. The largest absolute Gasteiger partial charge is 0.480 e. The van der Waals surface area contributed by atoms with E-state index in [2.05, 4.69) is 10.4 Å². The molecule has 1 aromatic carbocycles. The smallest absolute Gasteiger partial charge is 0.326 e. The predicted octanol–water partition coefficient (Wildman–Crippen LogP) is 3.23. The summed E-state index contributed by atoms with van der Waals surface area (Å²) in [6, 6.07) is 10.6. The Morgan fingerprint density at radius 1 is 1.24 bits per heavy atom. The lowest BCUT2D eigenvalue weighted by atomic mass is 10.0. The first kappa shape index (κ1) is 17.2. The summed E-state index contributed by atoms with van der Waals surface area (Å²) >= 11 is 1.31. The van der Waals surface area contributed by atoms with Crippen molar-refractivity contribution in [2.75, 3.05) is 0 Å². The summed E-state index contributed by atoms with van der Waals surface area (Å²) in [5.74, 6) is -1.60. The number of nitrogens with one attached hydrogen (secondary N) is 1. The number of carboxylic acids is 1. The first-order chi connectivity index (χ1) is 11.9. The van der Waals surface area contributed by atoms with Gasteiger partial charge in [0, 0.05) is 5.39 Å². The Morgan fingerprint density at radius 3 is 2.52 bits per heavy atom. The van der Waals surface area contributed by atoms with E-state index in [1.165, 1.54) is 11.3 Å². The Hall–Kier alpha value is -2.67. The second-order valence-corrected chi connectivity index (χ2v) is 7.23. The second kappa shape index (κ2) is 6.68. The van der Waals surface area contributed by atoms with E-state index in [1.54, 1.807) is 19.9 Å². The van der Waals surface area contributed by atoms with Gasteiger partial charge in [0.1, 0.15) is 10.9 Å². The van der Waals surface area contributed by atoms with Gasteiger partial charge in [-0.15, -0.1) is 11.3 Å². The van der Waals surface area contributed by atoms with Crippen LogP contribution in [0.1, 0.15) is 29.2 Å². The summed E-state index contributed by atoms with van der Waals surface area (Å²) in [6.45, 7) is 5.42. The van der Waals surface area contributed by atoms with Crippen LogP contribution in [0.5, 0.6) is 0 Å². The van der Waals surface area contributed by atoms with Crippen molar-refractivity contribution in [1.82, 2.24) is 15.1 Å². The average molecular weight is 357 g/mol. The number of rotatable bonds is 5. The molecule has 2 N–H and O–H groups in total. The van der Waals surface area contributed by atoms with Crippen molar-refractivity contribution in [1.29, 1.82) is 0 Å². The zero-order valence-electron chi connectivity index (χ0n) is 14.2. The molecule has 0 aliphatic rings. The third-order valence-electron chi connectivity index (χ3n) is 3.99. The SMILES string of the molecule is Cc1nn(-c2ccccc2)c2sc(C(=O)N[C@@H](C(=O)O)C(C)C)cc12. The molecule has 0 saturated carbocycles. The van der Waals surface area contributed by atoms with Crippen LogP contribution in [0.3, 0.4) is 0 Å². The summed E-state index contributed by atoms with van der Waals surface area (Å²) in [4.78, 5) is 25.1. The molecule has 0 unspecified atom stereocenters. The fourth-order valence-electron chi connectivity index (χ4n) is 2.63. The number of aromatic nitrogens is 2. The quantitative estimate of drug-likeness (QED) is 0.734. The highest BCUT2D eigenvalue weighted by Gasteiger charge is 2.25. The zero-order chi connectivity index (χ0) is 18.1. The fourth-order valence-corrected chi connectivity index (χ4v) is 3.72. The normalized spacial score (nSPS) is 12.5. The second-order valence-electron chi connectivity index (χ2n) is 6.20. The van der Waals surface area contributed by atoms with Gasteiger partial charge in [-0.2, -0.15) is 5.10 Å². The minimum atomic E-state index is -1.03. The number of aryl methyl sites for hydroxylation is 1. The van der Waals surface area contributed by atoms with E-state index in [4.69, 9.17) is 0 Å². The Bertz CT molecular complexity index is 928. The topological polar surface area (TPSA) is 84.2 Å². The van der Waals surface area contributed by atoms with Crippen LogP contribution >= 0.6 is 11.3 Å². The number of carbonyl (C=O) groups is 2. The van der Waals surface area contributed by atoms with E-state index in [0.717, 1.165) is 21.6 Å². The van der Waals surface area contributed by atoms with Gasteiger partial charge in [0.05, 0.1) is 16.3 Å². The lowest BCUT2D eigenvalue weighted by molar-refractivity contribution is -0.140. The van der Waals surface area contributed by atoms with Gasteiger partial charge >= 0.3 is 5.97 Å². The molecule has 1 amide bonds. The number of benzene rings is 1. The predicted molar refractivity (Wildman–Crippen MR) is 97.4 cm³/mol. The number of amides is 1. The van der Waals surface area contributed by atoms with Crippen molar-refractivity contribution in [2.24, 2.45) is 5.92 Å². The van der Waals surface area contributed by atoms with Crippen LogP contribution in [-0.4, -0.2) is 32.8 Å². The Balaban J connectivity index is 1.97. The summed E-state index contributed by atoms with van der Waals surface area (Å²) in [5.41, 5.74) is 1.74. The van der Waals surface area contributed by atoms with Gasteiger partial charge in [-0.1, -0.05) is 32.0 Å². The van der Waals surface area contributed by atoms with Crippen LogP contribution in [-0.2, 0) is 4.79 Å². The Kier molecular flexibility index (Phi) is 4.59. The Labute approximate surface area is 149 Å². The van der Waals surface area contributed by atoms with Gasteiger partial charge in [-0.05, 0) is 31.0 Å².